The lowest BCUT2D eigenvalue weighted by Gasteiger charge is -2.32. The number of nitrogens with zero attached hydrogens (tertiary/aromatic N) is 2. The Kier molecular flexibility index (Phi) is 8.46. The van der Waals surface area contributed by atoms with Crippen molar-refractivity contribution >= 4 is 17.6 Å². The average molecular weight is 457 g/mol. The summed E-state index contributed by atoms with van der Waals surface area (Å²) < 4.78 is 40.7. The third-order valence-electron chi connectivity index (χ3n) is 4.36. The summed E-state index contributed by atoms with van der Waals surface area (Å²) in [7, 11) is 0. The maximum Gasteiger partial charge on any atom is 0.434 e. The van der Waals surface area contributed by atoms with Crippen LogP contribution in [0.15, 0.2) is 36.7 Å². The number of halogens is 3. The monoisotopic (exact) mass is 457 g/mol. The summed E-state index contributed by atoms with van der Waals surface area (Å²) in [6.45, 7) is 0.431. The Morgan fingerprint density at radius 1 is 1.16 bits per heavy atom. The van der Waals surface area contributed by atoms with Gasteiger partial charge in [-0.15, -0.1) is 0 Å². The molecule has 2 amide bonds. The summed E-state index contributed by atoms with van der Waals surface area (Å²) in [6, 6.07) is 5.91. The zero-order chi connectivity index (χ0) is 23.9. The second-order valence-electron chi connectivity index (χ2n) is 6.73. The normalized spacial score (nSPS) is 20.6. The number of carbonyl (C=O) groups excluding carboxylic acids is 2. The molecule has 7 N–H and O–H groups in total. The lowest BCUT2D eigenvalue weighted by atomic mass is 10.0. The number of carbonyl (C=O) groups is 2. The van der Waals surface area contributed by atoms with E-state index in [0.717, 1.165) is 6.20 Å². The first-order chi connectivity index (χ1) is 15.0. The van der Waals surface area contributed by atoms with Crippen molar-refractivity contribution < 1.29 is 37.7 Å². The molecule has 0 aliphatic carbocycles. The van der Waals surface area contributed by atoms with Crippen LogP contribution < -0.4 is 16.8 Å². The minimum atomic E-state index is -4.47. The molecule has 1 aliphatic rings. The van der Waals surface area contributed by atoms with E-state index in [1.165, 1.54) is 24.3 Å². The van der Waals surface area contributed by atoms with Gasteiger partial charge in [-0.3, -0.25) is 14.6 Å². The van der Waals surface area contributed by atoms with Crippen LogP contribution >= 0.6 is 0 Å². The molecule has 0 bridgehead atoms. The molecule has 174 valence electrons. The largest absolute Gasteiger partial charge is 0.434 e. The number of anilines is 1. The van der Waals surface area contributed by atoms with E-state index in [9.17, 15) is 33.0 Å². The van der Waals surface area contributed by atoms with E-state index in [1.54, 1.807) is 0 Å². The number of ether oxygens (including phenoxy) is 1. The molecule has 10 nitrogen and oxygen atoms in total. The van der Waals surface area contributed by atoms with E-state index in [1.807, 2.05) is 0 Å². The van der Waals surface area contributed by atoms with Crippen LogP contribution in [0.5, 0.6) is 0 Å². The van der Waals surface area contributed by atoms with E-state index in [-0.39, 0.29) is 18.3 Å². The Labute approximate surface area is 180 Å². The molecule has 1 aliphatic heterocycles. The van der Waals surface area contributed by atoms with Crippen molar-refractivity contribution in [3.8, 4) is 0 Å². The van der Waals surface area contributed by atoms with Gasteiger partial charge in [0.05, 0.1) is 18.5 Å². The van der Waals surface area contributed by atoms with Gasteiger partial charge in [0.2, 0.25) is 5.91 Å². The van der Waals surface area contributed by atoms with Crippen LogP contribution in [0.2, 0.25) is 0 Å². The van der Waals surface area contributed by atoms with Gasteiger partial charge in [0.1, 0.15) is 18.0 Å². The Hall–Kier alpha value is -3.29. The molecule has 32 heavy (non-hydrogen) atoms. The molecule has 1 aromatic heterocycles. The molecule has 1 aromatic carbocycles. The van der Waals surface area contributed by atoms with E-state index >= 15 is 0 Å². The minimum Gasteiger partial charge on any atom is -0.390 e. The topological polar surface area (TPSA) is 174 Å². The number of hydrogen-bond donors (Lipinski definition) is 5. The molecule has 2 aromatic rings. The van der Waals surface area contributed by atoms with Crippen molar-refractivity contribution in [1.29, 1.82) is 0 Å². The van der Waals surface area contributed by atoms with Gasteiger partial charge >= 0.3 is 6.18 Å². The zero-order valence-corrected chi connectivity index (χ0v) is 16.6. The van der Waals surface area contributed by atoms with Crippen LogP contribution in [0.25, 0.3) is 0 Å². The number of aliphatic hydroxyl groups excluding tert-OH is 2. The molecular weight excluding hydrogens is 435 g/mol. The number of nitrogens with one attached hydrogen (secondary N) is 1. The molecule has 2 heterocycles. The number of primary amides is 1. The number of benzene rings is 1. The predicted octanol–water partition coefficient (Wildman–Crippen LogP) is 0.104. The van der Waals surface area contributed by atoms with Crippen molar-refractivity contribution in [2.45, 2.75) is 30.9 Å². The van der Waals surface area contributed by atoms with Crippen LogP contribution in [0, 0.1) is 0 Å². The molecule has 1 saturated heterocycles. The summed E-state index contributed by atoms with van der Waals surface area (Å²) in [5.41, 5.74) is 9.71. The number of aliphatic hydroxyl groups is 2. The fraction of sp³-hybridized carbons (Fsp3) is 0.368. The molecule has 0 spiro atoms. The SMILES string of the molecule is NC(=O)c1ccc(C(=O)NCC2OCCC(O)C2O)cc1.Nc1cncc(C(F)(F)F)n1. The van der Waals surface area contributed by atoms with E-state index < -0.39 is 36.1 Å². The number of aromatic nitrogens is 2. The fourth-order valence-corrected chi connectivity index (χ4v) is 2.64. The predicted molar refractivity (Wildman–Crippen MR) is 105 cm³/mol. The van der Waals surface area contributed by atoms with Crippen LogP contribution in [0.1, 0.15) is 32.8 Å². The first-order valence-electron chi connectivity index (χ1n) is 9.29. The van der Waals surface area contributed by atoms with Crippen LogP contribution in [-0.4, -0.2) is 63.5 Å². The smallest absolute Gasteiger partial charge is 0.390 e. The van der Waals surface area contributed by atoms with E-state index in [2.05, 4.69) is 15.3 Å². The fourth-order valence-electron chi connectivity index (χ4n) is 2.64. The first-order valence-corrected chi connectivity index (χ1v) is 9.29. The van der Waals surface area contributed by atoms with E-state index in [0.29, 0.717) is 30.4 Å². The Balaban J connectivity index is 0.000000278. The number of amides is 2. The maximum absolute atomic E-state index is 11.9. The lowest BCUT2D eigenvalue weighted by molar-refractivity contribution is -0.141. The molecule has 3 atom stereocenters. The van der Waals surface area contributed by atoms with Crippen molar-refractivity contribution in [2.24, 2.45) is 5.73 Å². The molecule has 3 rings (SSSR count). The van der Waals surface area contributed by atoms with Crippen LogP contribution in [0.4, 0.5) is 19.0 Å². The number of nitrogen functional groups attached to an aromatic ring is 1. The molecule has 13 heteroatoms. The average Bonchev–Trinajstić information content (AvgIpc) is 2.74. The Bertz CT molecular complexity index is 926. The quantitative estimate of drug-likeness (QED) is 0.430. The second-order valence-corrected chi connectivity index (χ2v) is 6.73. The van der Waals surface area contributed by atoms with Crippen molar-refractivity contribution in [3.05, 3.63) is 53.5 Å². The number of rotatable bonds is 4. The van der Waals surface area contributed by atoms with Crippen LogP contribution in [0.3, 0.4) is 0 Å². The second kappa shape index (κ2) is 10.8. The summed E-state index contributed by atoms with van der Waals surface area (Å²) in [6.07, 6.45) is -4.91. The van der Waals surface area contributed by atoms with Crippen LogP contribution in [-0.2, 0) is 10.9 Å². The Morgan fingerprint density at radius 3 is 2.31 bits per heavy atom. The summed E-state index contributed by atoms with van der Waals surface area (Å²) in [5, 5.41) is 21.9. The number of nitrogens with two attached hydrogens (primary N) is 2. The highest BCUT2D eigenvalue weighted by atomic mass is 19.4. The van der Waals surface area contributed by atoms with Crippen molar-refractivity contribution in [3.63, 3.8) is 0 Å². The van der Waals surface area contributed by atoms with Gasteiger partial charge in [-0.2, -0.15) is 13.2 Å². The number of hydrogen-bond acceptors (Lipinski definition) is 8. The molecule has 3 unspecified atom stereocenters. The lowest BCUT2D eigenvalue weighted by Crippen LogP contribution is -2.49. The third kappa shape index (κ3) is 7.14. The van der Waals surface area contributed by atoms with Gasteiger partial charge in [0.25, 0.3) is 5.91 Å². The van der Waals surface area contributed by atoms with Crippen molar-refractivity contribution in [1.82, 2.24) is 15.3 Å². The highest BCUT2D eigenvalue weighted by Crippen LogP contribution is 2.26. The summed E-state index contributed by atoms with van der Waals surface area (Å²) in [5.74, 6) is -1.16. The Morgan fingerprint density at radius 2 is 1.78 bits per heavy atom. The van der Waals surface area contributed by atoms with E-state index in [4.69, 9.17) is 16.2 Å². The molecule has 0 radical (unpaired) electrons. The summed E-state index contributed by atoms with van der Waals surface area (Å²) >= 11 is 0. The summed E-state index contributed by atoms with van der Waals surface area (Å²) in [4.78, 5) is 29.1. The molecule has 1 fully saturated rings. The van der Waals surface area contributed by atoms with Gasteiger partial charge in [-0.05, 0) is 30.7 Å². The van der Waals surface area contributed by atoms with Crippen molar-refractivity contribution in [2.75, 3.05) is 18.9 Å². The van der Waals surface area contributed by atoms with Gasteiger partial charge in [0, 0.05) is 24.3 Å². The highest BCUT2D eigenvalue weighted by molar-refractivity contribution is 5.97. The maximum atomic E-state index is 11.9. The standard InChI is InChI=1S/C14H18N2O5.C5H4F3N3/c15-13(19)8-1-3-9(4-2-8)14(20)16-7-11-12(18)10(17)5-6-21-11;6-5(7,8)3-1-10-2-4(9)11-3/h1-4,10-12,17-18H,5-7H2,(H2,15,19)(H,16,20);1-2H,(H2,9,11). The number of alkyl halides is 3. The zero-order valence-electron chi connectivity index (χ0n) is 16.6. The van der Waals surface area contributed by atoms with Gasteiger partial charge < -0.3 is 31.7 Å². The highest BCUT2D eigenvalue weighted by Gasteiger charge is 2.33. The minimum absolute atomic E-state index is 0.0919. The van der Waals surface area contributed by atoms with Gasteiger partial charge in [-0.1, -0.05) is 0 Å². The third-order valence-corrected chi connectivity index (χ3v) is 4.36. The molecular formula is C19H22F3N5O5. The van der Waals surface area contributed by atoms with Gasteiger partial charge in [-0.25, -0.2) is 4.98 Å². The van der Waals surface area contributed by atoms with Gasteiger partial charge in [0.15, 0.2) is 5.69 Å². The molecule has 0 saturated carbocycles. The first kappa shape index (κ1) is 25.0.